The molecule has 2 amide bonds. The Morgan fingerprint density at radius 1 is 0.781 bits per heavy atom. The number of hydrogen-bond acceptors (Lipinski definition) is 4. The number of amides is 2. The Morgan fingerprint density at radius 2 is 1.41 bits per heavy atom. The van der Waals surface area contributed by atoms with E-state index in [1.807, 2.05) is 103 Å². The molecule has 32 heavy (non-hydrogen) atoms. The van der Waals surface area contributed by atoms with Gasteiger partial charge in [-0.05, 0) is 34.0 Å². The number of fused-ring (bicyclic) bond motifs is 1. The van der Waals surface area contributed by atoms with Crippen LogP contribution >= 0.6 is 11.9 Å². The van der Waals surface area contributed by atoms with Crippen molar-refractivity contribution in [1.29, 1.82) is 0 Å². The second-order valence-electron chi connectivity index (χ2n) is 7.62. The molecule has 2 atom stereocenters. The molecule has 1 fully saturated rings. The second-order valence-corrected chi connectivity index (χ2v) is 8.38. The van der Waals surface area contributed by atoms with Crippen LogP contribution in [-0.2, 0) is 4.79 Å². The van der Waals surface area contributed by atoms with Crippen LogP contribution in [0.3, 0.4) is 0 Å². The van der Waals surface area contributed by atoms with Crippen LogP contribution in [0.2, 0.25) is 0 Å². The number of nitrogens with zero attached hydrogens (tertiary/aromatic N) is 1. The summed E-state index contributed by atoms with van der Waals surface area (Å²) in [6.07, 6.45) is 0. The van der Waals surface area contributed by atoms with Gasteiger partial charge in [-0.15, -0.1) is 0 Å². The first-order valence-electron chi connectivity index (χ1n) is 10.4. The van der Waals surface area contributed by atoms with Crippen LogP contribution in [0.4, 0.5) is 10.5 Å². The topological polar surface area (TPSA) is 61.4 Å². The highest BCUT2D eigenvalue weighted by Crippen LogP contribution is 2.41. The van der Waals surface area contributed by atoms with Crippen molar-refractivity contribution in [1.82, 2.24) is 10.4 Å². The lowest BCUT2D eigenvalue weighted by Crippen LogP contribution is -2.38. The summed E-state index contributed by atoms with van der Waals surface area (Å²) in [5, 5.41) is 3.38. The van der Waals surface area contributed by atoms with Crippen LogP contribution in [0, 0.1) is 0 Å². The molecule has 5 nitrogen and oxygen atoms in total. The van der Waals surface area contributed by atoms with Crippen molar-refractivity contribution in [3.05, 3.63) is 114 Å². The van der Waals surface area contributed by atoms with Crippen molar-refractivity contribution >= 4 is 39.6 Å². The first-order valence-corrected chi connectivity index (χ1v) is 11.2. The lowest BCUT2D eigenvalue weighted by atomic mass is 9.88. The van der Waals surface area contributed by atoms with Gasteiger partial charge in [-0.25, -0.2) is 5.01 Å². The van der Waals surface area contributed by atoms with Gasteiger partial charge in [0.05, 0.1) is 12.0 Å². The summed E-state index contributed by atoms with van der Waals surface area (Å²) >= 11 is 0.955. The molecule has 2 unspecified atom stereocenters. The van der Waals surface area contributed by atoms with Gasteiger partial charge in [0, 0.05) is 17.6 Å². The molecule has 6 heteroatoms. The standard InChI is InChI=1S/C26H21N3O2S/c30-25-23(19-10-3-1-4-11-19)24(20-12-5-2-6-13-20)29(27-25)26(31)32-28-22-16-15-18-9-7-8-14-21(18)17-22/h1-17,23-24,28H,(H,27,30). The lowest BCUT2D eigenvalue weighted by Gasteiger charge is -2.26. The highest BCUT2D eigenvalue weighted by molar-refractivity contribution is 8.14. The molecule has 4 aromatic carbocycles. The van der Waals surface area contributed by atoms with Gasteiger partial charge in [-0.3, -0.25) is 15.0 Å². The minimum Gasteiger partial charge on any atom is -0.322 e. The fourth-order valence-corrected chi connectivity index (χ4v) is 4.69. The number of benzene rings is 4. The average molecular weight is 440 g/mol. The van der Waals surface area contributed by atoms with Crippen molar-refractivity contribution < 1.29 is 9.59 Å². The molecule has 158 valence electrons. The summed E-state index contributed by atoms with van der Waals surface area (Å²) in [6.45, 7) is 0. The molecule has 4 aromatic rings. The Hall–Kier alpha value is -3.77. The highest BCUT2D eigenvalue weighted by atomic mass is 32.2. The van der Waals surface area contributed by atoms with E-state index in [4.69, 9.17) is 0 Å². The summed E-state index contributed by atoms with van der Waals surface area (Å²) in [7, 11) is 0. The van der Waals surface area contributed by atoms with E-state index in [-0.39, 0.29) is 11.1 Å². The number of carbonyl (C=O) groups excluding carboxylic acids is 2. The SMILES string of the molecule is O=C1NN(C(=O)SNc2ccc3ccccc3c2)C(c2ccccc2)C1c1ccccc1. The molecule has 0 spiro atoms. The van der Waals surface area contributed by atoms with E-state index >= 15 is 0 Å². The van der Waals surface area contributed by atoms with Crippen LogP contribution in [0.25, 0.3) is 10.8 Å². The molecular weight excluding hydrogens is 418 g/mol. The zero-order valence-electron chi connectivity index (χ0n) is 17.1. The Bertz CT molecular complexity index is 1260. The Morgan fingerprint density at radius 3 is 2.12 bits per heavy atom. The van der Waals surface area contributed by atoms with E-state index in [2.05, 4.69) is 10.1 Å². The Balaban J connectivity index is 1.40. The van der Waals surface area contributed by atoms with Gasteiger partial charge >= 0.3 is 5.24 Å². The predicted molar refractivity (Wildman–Crippen MR) is 129 cm³/mol. The quantitative estimate of drug-likeness (QED) is 0.389. The van der Waals surface area contributed by atoms with Crippen LogP contribution in [0.15, 0.2) is 103 Å². The summed E-state index contributed by atoms with van der Waals surface area (Å²) < 4.78 is 3.13. The molecule has 0 aromatic heterocycles. The van der Waals surface area contributed by atoms with Crippen molar-refractivity contribution in [2.24, 2.45) is 0 Å². The van der Waals surface area contributed by atoms with Crippen molar-refractivity contribution in [3.63, 3.8) is 0 Å². The van der Waals surface area contributed by atoms with E-state index in [0.29, 0.717) is 0 Å². The molecule has 1 saturated heterocycles. The molecule has 1 heterocycles. The average Bonchev–Trinajstić information content (AvgIpc) is 3.20. The number of nitrogens with one attached hydrogen (secondary N) is 2. The highest BCUT2D eigenvalue weighted by Gasteiger charge is 2.45. The van der Waals surface area contributed by atoms with Gasteiger partial charge in [0.2, 0.25) is 5.91 Å². The van der Waals surface area contributed by atoms with Gasteiger partial charge in [-0.2, -0.15) is 0 Å². The van der Waals surface area contributed by atoms with Gasteiger partial charge in [0.1, 0.15) is 0 Å². The maximum atomic E-state index is 13.2. The maximum Gasteiger partial charge on any atom is 0.321 e. The molecule has 1 aliphatic heterocycles. The summed E-state index contributed by atoms with van der Waals surface area (Å²) in [5.41, 5.74) is 5.40. The zero-order chi connectivity index (χ0) is 21.9. The van der Waals surface area contributed by atoms with Crippen LogP contribution < -0.4 is 10.1 Å². The van der Waals surface area contributed by atoms with Gasteiger partial charge in [-0.1, -0.05) is 91.0 Å². The van der Waals surface area contributed by atoms with Gasteiger partial charge in [0.15, 0.2) is 0 Å². The molecule has 1 aliphatic rings. The number of hydrazine groups is 1. The summed E-state index contributed by atoms with van der Waals surface area (Å²) in [6, 6.07) is 32.8. The fraction of sp³-hybridized carbons (Fsp3) is 0.0769. The van der Waals surface area contributed by atoms with E-state index in [9.17, 15) is 9.59 Å². The predicted octanol–water partition coefficient (Wildman–Crippen LogP) is 5.89. The van der Waals surface area contributed by atoms with Crippen molar-refractivity contribution in [3.8, 4) is 0 Å². The number of rotatable bonds is 4. The van der Waals surface area contributed by atoms with Crippen LogP contribution in [0.5, 0.6) is 0 Å². The van der Waals surface area contributed by atoms with Crippen molar-refractivity contribution in [2.75, 3.05) is 4.72 Å². The second kappa shape index (κ2) is 8.77. The summed E-state index contributed by atoms with van der Waals surface area (Å²) in [5.74, 6) is -0.673. The Labute approximate surface area is 190 Å². The molecule has 0 aliphatic carbocycles. The third-order valence-corrected chi connectivity index (χ3v) is 6.32. The zero-order valence-corrected chi connectivity index (χ0v) is 18.0. The van der Waals surface area contributed by atoms with Crippen LogP contribution in [-0.4, -0.2) is 16.2 Å². The minimum absolute atomic E-state index is 0.190. The molecular formula is C26H21N3O2S. The first kappa shape index (κ1) is 20.2. The molecule has 0 saturated carbocycles. The van der Waals surface area contributed by atoms with Crippen molar-refractivity contribution in [2.45, 2.75) is 12.0 Å². The van der Waals surface area contributed by atoms with Crippen LogP contribution in [0.1, 0.15) is 23.1 Å². The molecule has 5 rings (SSSR count). The summed E-state index contributed by atoms with van der Waals surface area (Å²) in [4.78, 5) is 26.2. The van der Waals surface area contributed by atoms with E-state index < -0.39 is 12.0 Å². The third-order valence-electron chi connectivity index (χ3n) is 5.61. The monoisotopic (exact) mass is 439 g/mol. The third kappa shape index (κ3) is 3.92. The number of anilines is 1. The first-order chi connectivity index (χ1) is 15.7. The van der Waals surface area contributed by atoms with E-state index in [0.717, 1.165) is 39.5 Å². The fourth-order valence-electron chi connectivity index (χ4n) is 4.10. The largest absolute Gasteiger partial charge is 0.322 e. The number of carbonyl (C=O) groups is 2. The minimum atomic E-state index is -0.483. The number of hydrogen-bond donors (Lipinski definition) is 2. The van der Waals surface area contributed by atoms with E-state index in [1.165, 1.54) is 5.01 Å². The molecule has 2 N–H and O–H groups in total. The van der Waals surface area contributed by atoms with Gasteiger partial charge in [0.25, 0.3) is 0 Å². The lowest BCUT2D eigenvalue weighted by molar-refractivity contribution is -0.121. The molecule has 0 radical (unpaired) electrons. The molecule has 0 bridgehead atoms. The van der Waals surface area contributed by atoms with Gasteiger partial charge < -0.3 is 4.72 Å². The smallest absolute Gasteiger partial charge is 0.321 e. The maximum absolute atomic E-state index is 13.2. The normalized spacial score (nSPS) is 17.9. The Kier molecular flexibility index (Phi) is 5.52. The van der Waals surface area contributed by atoms with E-state index in [1.54, 1.807) is 0 Å².